The van der Waals surface area contributed by atoms with Crippen LogP contribution in [0.1, 0.15) is 43.5 Å². The molecule has 1 atom stereocenters. The van der Waals surface area contributed by atoms with Gasteiger partial charge in [-0.3, -0.25) is 4.79 Å². The molecule has 0 saturated carbocycles. The van der Waals surface area contributed by atoms with Crippen molar-refractivity contribution in [3.8, 4) is 6.07 Å². The molecular weight excluding hydrogens is 358 g/mol. The number of hydrogen-bond acceptors (Lipinski definition) is 6. The summed E-state index contributed by atoms with van der Waals surface area (Å²) < 4.78 is 31.1. The summed E-state index contributed by atoms with van der Waals surface area (Å²) in [5, 5.41) is 11.1. The van der Waals surface area contributed by atoms with Crippen LogP contribution in [-0.2, 0) is 19.6 Å². The van der Waals surface area contributed by atoms with E-state index in [9.17, 15) is 18.0 Å². The van der Waals surface area contributed by atoms with E-state index in [0.717, 1.165) is 12.8 Å². The molecule has 0 unspecified atom stereocenters. The second-order valence-corrected chi connectivity index (χ2v) is 7.43. The highest BCUT2D eigenvalue weighted by molar-refractivity contribution is 7.89. The minimum absolute atomic E-state index is 0.00391. The number of benzene rings is 1. The van der Waals surface area contributed by atoms with Crippen molar-refractivity contribution in [1.29, 1.82) is 5.26 Å². The average molecular weight is 381 g/mol. The van der Waals surface area contributed by atoms with Gasteiger partial charge in [0.1, 0.15) is 0 Å². The van der Waals surface area contributed by atoms with Crippen LogP contribution in [0, 0.1) is 11.3 Å². The summed E-state index contributed by atoms with van der Waals surface area (Å²) >= 11 is 0. The zero-order valence-electron chi connectivity index (χ0n) is 14.8. The number of esters is 1. The molecule has 0 bridgehead atoms. The Kier molecular flexibility index (Phi) is 8.75. The van der Waals surface area contributed by atoms with E-state index in [1.807, 2.05) is 19.9 Å². The highest BCUT2D eigenvalue weighted by atomic mass is 32.2. The zero-order valence-corrected chi connectivity index (χ0v) is 15.6. The molecule has 0 spiro atoms. The Morgan fingerprint density at radius 3 is 2.50 bits per heavy atom. The van der Waals surface area contributed by atoms with E-state index < -0.39 is 22.6 Å². The topological polar surface area (TPSA) is 125 Å². The number of ether oxygens (including phenoxy) is 1. The number of amides is 1. The summed E-state index contributed by atoms with van der Waals surface area (Å²) in [7, 11) is -3.74. The van der Waals surface area contributed by atoms with Crippen molar-refractivity contribution < 1.29 is 22.7 Å². The summed E-state index contributed by atoms with van der Waals surface area (Å²) in [6, 6.07) is 6.97. The predicted octanol–water partition coefficient (Wildman–Crippen LogP) is 1.34. The Morgan fingerprint density at radius 1 is 1.27 bits per heavy atom. The average Bonchev–Trinajstić information content (AvgIpc) is 2.60. The third-order valence-electron chi connectivity index (χ3n) is 3.39. The normalized spacial score (nSPS) is 12.0. The molecule has 0 saturated heterocycles. The van der Waals surface area contributed by atoms with Gasteiger partial charge >= 0.3 is 5.97 Å². The zero-order chi connectivity index (χ0) is 19.6. The van der Waals surface area contributed by atoms with E-state index in [0.29, 0.717) is 0 Å². The van der Waals surface area contributed by atoms with Gasteiger partial charge in [0.15, 0.2) is 6.61 Å². The fourth-order valence-electron chi connectivity index (χ4n) is 2.13. The Balaban J connectivity index is 2.59. The largest absolute Gasteiger partial charge is 0.452 e. The van der Waals surface area contributed by atoms with Crippen LogP contribution in [0.25, 0.3) is 0 Å². The van der Waals surface area contributed by atoms with Gasteiger partial charge < -0.3 is 10.1 Å². The van der Waals surface area contributed by atoms with Gasteiger partial charge in [0.05, 0.1) is 16.5 Å². The van der Waals surface area contributed by atoms with Crippen LogP contribution in [0.5, 0.6) is 0 Å². The van der Waals surface area contributed by atoms with E-state index in [1.54, 1.807) is 0 Å². The molecule has 8 nitrogen and oxygen atoms in total. The van der Waals surface area contributed by atoms with Crippen molar-refractivity contribution in [3.05, 3.63) is 29.8 Å². The third kappa shape index (κ3) is 7.21. The highest BCUT2D eigenvalue weighted by Gasteiger charge is 2.16. The second-order valence-electron chi connectivity index (χ2n) is 5.66. The lowest BCUT2D eigenvalue weighted by molar-refractivity contribution is -0.124. The van der Waals surface area contributed by atoms with Gasteiger partial charge in [-0.25, -0.2) is 17.9 Å². The molecule has 0 aliphatic rings. The predicted molar refractivity (Wildman–Crippen MR) is 94.7 cm³/mol. The fraction of sp³-hybridized carbons (Fsp3) is 0.471. The maximum atomic E-state index is 12.0. The number of nitrogens with zero attached hydrogens (tertiary/aromatic N) is 1. The second kappa shape index (κ2) is 10.5. The maximum Gasteiger partial charge on any atom is 0.338 e. The molecular formula is C17H23N3O5S. The quantitative estimate of drug-likeness (QED) is 0.465. The highest BCUT2D eigenvalue weighted by Crippen LogP contribution is 2.11. The van der Waals surface area contributed by atoms with Crippen LogP contribution in [0.4, 0.5) is 0 Å². The first kappa shape index (κ1) is 21.6. The monoisotopic (exact) mass is 381 g/mol. The van der Waals surface area contributed by atoms with E-state index in [4.69, 9.17) is 10.00 Å². The first-order valence-electron chi connectivity index (χ1n) is 8.23. The summed E-state index contributed by atoms with van der Waals surface area (Å²) in [6.07, 6.45) is 1.82. The van der Waals surface area contributed by atoms with Crippen molar-refractivity contribution in [1.82, 2.24) is 10.0 Å². The van der Waals surface area contributed by atoms with Gasteiger partial charge in [-0.2, -0.15) is 5.26 Å². The number of carbonyl (C=O) groups excluding carboxylic acids is 2. The lowest BCUT2D eigenvalue weighted by Crippen LogP contribution is -2.35. The Bertz CT molecular complexity index is 754. The van der Waals surface area contributed by atoms with Gasteiger partial charge in [-0.15, -0.1) is 0 Å². The molecule has 0 heterocycles. The Hall–Kier alpha value is -2.44. The molecule has 0 aliphatic heterocycles. The molecule has 9 heteroatoms. The minimum Gasteiger partial charge on any atom is -0.452 e. The fourth-order valence-corrected chi connectivity index (χ4v) is 3.16. The third-order valence-corrected chi connectivity index (χ3v) is 4.87. The molecule has 1 aromatic rings. The first-order chi connectivity index (χ1) is 12.3. The maximum absolute atomic E-state index is 12.0. The molecule has 0 radical (unpaired) electrons. The summed E-state index contributed by atoms with van der Waals surface area (Å²) in [5.74, 6) is -1.11. The van der Waals surface area contributed by atoms with Gasteiger partial charge in [0, 0.05) is 19.0 Å². The summed E-state index contributed by atoms with van der Waals surface area (Å²) in [4.78, 5) is 23.6. The molecule has 1 aromatic carbocycles. The molecule has 0 fully saturated rings. The van der Waals surface area contributed by atoms with Crippen LogP contribution >= 0.6 is 0 Å². The van der Waals surface area contributed by atoms with Crippen molar-refractivity contribution >= 4 is 21.9 Å². The first-order valence-corrected chi connectivity index (χ1v) is 9.71. The standard InChI is InChI=1S/C17H23N3O5S/c1-3-5-13(2)20-16(21)12-25-17(22)14-6-8-15(9-7-14)26(23,24)19-11-4-10-18/h6-9,13,19H,3-5,11-12H2,1-2H3,(H,20,21)/t13-/m0/s1. The van der Waals surface area contributed by atoms with Gasteiger partial charge in [0.25, 0.3) is 5.91 Å². The molecule has 1 amide bonds. The van der Waals surface area contributed by atoms with E-state index >= 15 is 0 Å². The number of hydrogen-bond donors (Lipinski definition) is 2. The van der Waals surface area contributed by atoms with Crippen molar-refractivity contribution in [2.24, 2.45) is 0 Å². The van der Waals surface area contributed by atoms with E-state index in [-0.39, 0.29) is 35.4 Å². The van der Waals surface area contributed by atoms with E-state index in [1.165, 1.54) is 24.3 Å². The van der Waals surface area contributed by atoms with Gasteiger partial charge in [0.2, 0.25) is 10.0 Å². The molecule has 0 aromatic heterocycles. The number of nitrogens with one attached hydrogen (secondary N) is 2. The van der Waals surface area contributed by atoms with E-state index in [2.05, 4.69) is 10.0 Å². The SMILES string of the molecule is CCC[C@H](C)NC(=O)COC(=O)c1ccc(S(=O)(=O)NCCC#N)cc1. The lowest BCUT2D eigenvalue weighted by Gasteiger charge is -2.12. The molecule has 0 aliphatic carbocycles. The van der Waals surface area contributed by atoms with Crippen molar-refractivity contribution in [2.75, 3.05) is 13.2 Å². The number of rotatable bonds is 10. The molecule has 26 heavy (non-hydrogen) atoms. The molecule has 142 valence electrons. The number of carbonyl (C=O) groups is 2. The molecule has 1 rings (SSSR count). The minimum atomic E-state index is -3.74. The number of nitriles is 1. The van der Waals surface area contributed by atoms with Crippen molar-refractivity contribution in [2.45, 2.75) is 44.0 Å². The van der Waals surface area contributed by atoms with Crippen molar-refractivity contribution in [3.63, 3.8) is 0 Å². The molecule has 2 N–H and O–H groups in total. The number of sulfonamides is 1. The Morgan fingerprint density at radius 2 is 1.92 bits per heavy atom. The van der Waals surface area contributed by atoms with Crippen LogP contribution in [0.15, 0.2) is 29.2 Å². The van der Waals surface area contributed by atoms with Crippen LogP contribution in [-0.4, -0.2) is 39.5 Å². The van der Waals surface area contributed by atoms with Gasteiger partial charge in [-0.1, -0.05) is 13.3 Å². The van der Waals surface area contributed by atoms with Crippen LogP contribution in [0.2, 0.25) is 0 Å². The van der Waals surface area contributed by atoms with Crippen LogP contribution < -0.4 is 10.0 Å². The summed E-state index contributed by atoms with van der Waals surface area (Å²) in [5.41, 5.74) is 0.135. The summed E-state index contributed by atoms with van der Waals surface area (Å²) in [6.45, 7) is 3.48. The Labute approximate surface area is 153 Å². The van der Waals surface area contributed by atoms with Gasteiger partial charge in [-0.05, 0) is 37.6 Å². The van der Waals surface area contributed by atoms with Crippen LogP contribution in [0.3, 0.4) is 0 Å². The smallest absolute Gasteiger partial charge is 0.338 e. The lowest BCUT2D eigenvalue weighted by atomic mass is 10.2.